The van der Waals surface area contributed by atoms with Gasteiger partial charge in [-0.3, -0.25) is 4.90 Å². The summed E-state index contributed by atoms with van der Waals surface area (Å²) >= 11 is 0. The molecular weight excluding hydrogens is 366 g/mol. The fourth-order valence-corrected chi connectivity index (χ4v) is 3.15. The zero-order chi connectivity index (χ0) is 21.2. The number of aliphatic hydroxyl groups is 1. The first-order valence-corrected chi connectivity index (χ1v) is 10.2. The summed E-state index contributed by atoms with van der Waals surface area (Å²) in [5.41, 5.74) is 2.16. The van der Waals surface area contributed by atoms with Gasteiger partial charge in [0, 0.05) is 19.2 Å². The van der Waals surface area contributed by atoms with Gasteiger partial charge in [0.05, 0.1) is 14.2 Å². The first-order valence-electron chi connectivity index (χ1n) is 10.2. The smallest absolute Gasteiger partial charge is 0.122 e. The van der Waals surface area contributed by atoms with E-state index in [2.05, 4.69) is 18.7 Å². The van der Waals surface area contributed by atoms with Gasteiger partial charge in [0.1, 0.15) is 30.0 Å². The lowest BCUT2D eigenvalue weighted by Crippen LogP contribution is -2.36. The molecule has 0 aliphatic rings. The van der Waals surface area contributed by atoms with Gasteiger partial charge in [0.25, 0.3) is 0 Å². The molecule has 2 aromatic carbocycles. The summed E-state index contributed by atoms with van der Waals surface area (Å²) in [5.74, 6) is 2.95. The van der Waals surface area contributed by atoms with Crippen molar-refractivity contribution in [3.8, 4) is 17.2 Å². The molecule has 0 heterocycles. The Balaban J connectivity index is 2.02. The minimum absolute atomic E-state index is 0.268. The maximum absolute atomic E-state index is 10.6. The number of methoxy groups -OCH3 is 2. The molecule has 0 bridgehead atoms. The lowest BCUT2D eigenvalue weighted by molar-refractivity contribution is 0.0637. The molecule has 0 aliphatic carbocycles. The lowest BCUT2D eigenvalue weighted by atomic mass is 10.1. The van der Waals surface area contributed by atoms with Crippen molar-refractivity contribution >= 4 is 0 Å². The van der Waals surface area contributed by atoms with Crippen molar-refractivity contribution in [2.45, 2.75) is 39.8 Å². The molecule has 0 radical (unpaired) electrons. The molecular formula is C24H35NO4. The van der Waals surface area contributed by atoms with Gasteiger partial charge in [-0.2, -0.15) is 0 Å². The molecule has 2 aromatic rings. The van der Waals surface area contributed by atoms with Gasteiger partial charge in [0.2, 0.25) is 0 Å². The molecule has 0 saturated heterocycles. The van der Waals surface area contributed by atoms with Gasteiger partial charge in [-0.1, -0.05) is 32.0 Å². The van der Waals surface area contributed by atoms with Gasteiger partial charge >= 0.3 is 0 Å². The van der Waals surface area contributed by atoms with Crippen molar-refractivity contribution in [2.75, 3.05) is 33.9 Å². The Morgan fingerprint density at radius 2 is 1.66 bits per heavy atom. The molecule has 2 rings (SSSR count). The van der Waals surface area contributed by atoms with E-state index < -0.39 is 6.10 Å². The topological polar surface area (TPSA) is 51.2 Å². The summed E-state index contributed by atoms with van der Waals surface area (Å²) in [6, 6.07) is 13.8. The molecule has 29 heavy (non-hydrogen) atoms. The first kappa shape index (κ1) is 23.0. The number of nitrogens with zero attached hydrogens (tertiary/aromatic N) is 1. The van der Waals surface area contributed by atoms with Crippen LogP contribution in [0, 0.1) is 12.8 Å². The molecule has 1 atom stereocenters. The zero-order valence-corrected chi connectivity index (χ0v) is 18.4. The predicted octanol–water partition coefficient (Wildman–Crippen LogP) is 4.30. The van der Waals surface area contributed by atoms with Crippen LogP contribution >= 0.6 is 0 Å². The average molecular weight is 402 g/mol. The van der Waals surface area contributed by atoms with Crippen LogP contribution in [0.5, 0.6) is 17.2 Å². The number of aryl methyl sites for hydroxylation is 1. The quantitative estimate of drug-likeness (QED) is 0.575. The second-order valence-electron chi connectivity index (χ2n) is 7.87. The number of hydrogen-bond donors (Lipinski definition) is 1. The summed E-state index contributed by atoms with van der Waals surface area (Å²) in [6.07, 6.45) is 0.487. The zero-order valence-electron chi connectivity index (χ0n) is 18.4. The predicted molar refractivity (Wildman–Crippen MR) is 117 cm³/mol. The maximum Gasteiger partial charge on any atom is 0.122 e. The molecule has 0 saturated carbocycles. The van der Waals surface area contributed by atoms with Crippen LogP contribution in [0.15, 0.2) is 42.5 Å². The highest BCUT2D eigenvalue weighted by Crippen LogP contribution is 2.24. The molecule has 5 heteroatoms. The molecule has 0 fully saturated rings. The van der Waals surface area contributed by atoms with Crippen LogP contribution in [0.3, 0.4) is 0 Å². The van der Waals surface area contributed by atoms with Crippen LogP contribution in [0.25, 0.3) is 0 Å². The van der Waals surface area contributed by atoms with E-state index in [-0.39, 0.29) is 6.61 Å². The van der Waals surface area contributed by atoms with Crippen molar-refractivity contribution < 1.29 is 19.3 Å². The monoisotopic (exact) mass is 401 g/mol. The third-order valence-corrected chi connectivity index (χ3v) is 4.83. The van der Waals surface area contributed by atoms with Gasteiger partial charge in [-0.15, -0.1) is 0 Å². The third kappa shape index (κ3) is 7.95. The number of para-hydroxylation sites is 1. The average Bonchev–Trinajstić information content (AvgIpc) is 2.71. The first-order chi connectivity index (χ1) is 13.9. The Morgan fingerprint density at radius 1 is 1.00 bits per heavy atom. The molecule has 0 amide bonds. The van der Waals surface area contributed by atoms with Gasteiger partial charge in [0.15, 0.2) is 0 Å². The second-order valence-corrected chi connectivity index (χ2v) is 7.87. The van der Waals surface area contributed by atoms with Crippen molar-refractivity contribution in [3.05, 3.63) is 53.6 Å². The van der Waals surface area contributed by atoms with Crippen LogP contribution in [0.2, 0.25) is 0 Å². The number of ether oxygens (including phenoxy) is 3. The summed E-state index contributed by atoms with van der Waals surface area (Å²) < 4.78 is 16.6. The van der Waals surface area contributed by atoms with Gasteiger partial charge < -0.3 is 19.3 Å². The summed E-state index contributed by atoms with van der Waals surface area (Å²) in [6.45, 7) is 8.85. The molecule has 5 nitrogen and oxygen atoms in total. The molecule has 1 unspecified atom stereocenters. The second kappa shape index (κ2) is 11.7. The fraction of sp³-hybridized carbons (Fsp3) is 0.500. The van der Waals surface area contributed by atoms with Crippen LogP contribution in [0.1, 0.15) is 31.4 Å². The number of hydrogen-bond acceptors (Lipinski definition) is 5. The Kier molecular flexibility index (Phi) is 9.29. The molecule has 0 spiro atoms. The van der Waals surface area contributed by atoms with E-state index in [0.717, 1.165) is 41.3 Å². The standard InChI is InChI=1S/C24H35NO4/c1-18(2)10-11-25(15-20-12-22(27-4)14-23(13-20)28-5)16-21(26)17-29-24-9-7-6-8-19(24)3/h6-9,12-14,18,21,26H,10-11,15-17H2,1-5H3. The lowest BCUT2D eigenvalue weighted by Gasteiger charge is -2.26. The number of aliphatic hydroxyl groups excluding tert-OH is 1. The summed E-state index contributed by atoms with van der Waals surface area (Å²) in [7, 11) is 3.31. The molecule has 0 aliphatic heterocycles. The molecule has 1 N–H and O–H groups in total. The Bertz CT molecular complexity index is 725. The molecule has 160 valence electrons. The summed E-state index contributed by atoms with van der Waals surface area (Å²) in [4.78, 5) is 2.26. The normalized spacial score (nSPS) is 12.3. The minimum atomic E-state index is -0.575. The van der Waals surface area contributed by atoms with E-state index >= 15 is 0 Å². The maximum atomic E-state index is 10.6. The van der Waals surface area contributed by atoms with E-state index in [0.29, 0.717) is 19.0 Å². The Labute approximate surface area is 175 Å². The van der Waals surface area contributed by atoms with Crippen LogP contribution < -0.4 is 14.2 Å². The van der Waals surface area contributed by atoms with Crippen molar-refractivity contribution in [1.29, 1.82) is 0 Å². The van der Waals surface area contributed by atoms with E-state index in [1.807, 2.05) is 49.4 Å². The van der Waals surface area contributed by atoms with Crippen LogP contribution in [-0.4, -0.2) is 50.0 Å². The van der Waals surface area contributed by atoms with E-state index in [1.165, 1.54) is 0 Å². The Hall–Kier alpha value is -2.24. The van der Waals surface area contributed by atoms with Crippen molar-refractivity contribution in [2.24, 2.45) is 5.92 Å². The van der Waals surface area contributed by atoms with Crippen molar-refractivity contribution in [1.82, 2.24) is 4.90 Å². The highest BCUT2D eigenvalue weighted by molar-refractivity contribution is 5.38. The highest BCUT2D eigenvalue weighted by atomic mass is 16.5. The SMILES string of the molecule is COc1cc(CN(CCC(C)C)CC(O)COc2ccccc2C)cc(OC)c1. The fourth-order valence-electron chi connectivity index (χ4n) is 3.15. The number of benzene rings is 2. The number of rotatable bonds is 12. The van der Waals surface area contributed by atoms with Crippen LogP contribution in [-0.2, 0) is 6.54 Å². The Morgan fingerprint density at radius 3 is 2.24 bits per heavy atom. The minimum Gasteiger partial charge on any atom is -0.497 e. The van der Waals surface area contributed by atoms with Crippen LogP contribution in [0.4, 0.5) is 0 Å². The van der Waals surface area contributed by atoms with E-state index in [9.17, 15) is 5.11 Å². The molecule has 0 aromatic heterocycles. The third-order valence-electron chi connectivity index (χ3n) is 4.83. The highest BCUT2D eigenvalue weighted by Gasteiger charge is 2.15. The van der Waals surface area contributed by atoms with E-state index in [4.69, 9.17) is 14.2 Å². The largest absolute Gasteiger partial charge is 0.497 e. The van der Waals surface area contributed by atoms with Gasteiger partial charge in [-0.05, 0) is 55.1 Å². The summed E-state index contributed by atoms with van der Waals surface area (Å²) in [5, 5.41) is 10.6. The van der Waals surface area contributed by atoms with E-state index in [1.54, 1.807) is 14.2 Å². The van der Waals surface area contributed by atoms with Crippen molar-refractivity contribution in [3.63, 3.8) is 0 Å². The van der Waals surface area contributed by atoms with Gasteiger partial charge in [-0.25, -0.2) is 0 Å².